The van der Waals surface area contributed by atoms with Crippen molar-refractivity contribution < 1.29 is 29.1 Å². The number of amides is 2. The highest BCUT2D eigenvalue weighted by Crippen LogP contribution is 2.44. The number of nitrogens with two attached hydrogens (primary N) is 1. The number of carboxylic acid groups (broad SMARTS) is 1. The molecular formula is C18H23N5O6S3. The molecule has 4 heterocycles. The molecule has 0 spiro atoms. The second-order valence-electron chi connectivity index (χ2n) is 7.65. The molecule has 3 unspecified atom stereocenters. The molecule has 3 aliphatic rings. The van der Waals surface area contributed by atoms with Gasteiger partial charge in [0.2, 0.25) is 5.91 Å². The molecule has 0 aliphatic carbocycles. The molecule has 14 heteroatoms. The van der Waals surface area contributed by atoms with Crippen molar-refractivity contribution >= 4 is 63.5 Å². The van der Waals surface area contributed by atoms with Crippen LogP contribution in [0.3, 0.4) is 0 Å². The van der Waals surface area contributed by atoms with Crippen molar-refractivity contribution in [2.45, 2.75) is 22.6 Å². The van der Waals surface area contributed by atoms with E-state index in [0.29, 0.717) is 30.6 Å². The van der Waals surface area contributed by atoms with Crippen LogP contribution >= 0.6 is 34.9 Å². The number of ether oxygens (including phenoxy) is 1. The molecule has 3 saturated heterocycles. The van der Waals surface area contributed by atoms with Crippen molar-refractivity contribution in [3.05, 3.63) is 11.1 Å². The molecule has 1 aromatic heterocycles. The molecule has 0 aromatic carbocycles. The van der Waals surface area contributed by atoms with Crippen LogP contribution in [0.5, 0.6) is 0 Å². The zero-order valence-corrected chi connectivity index (χ0v) is 19.6. The van der Waals surface area contributed by atoms with Gasteiger partial charge in [-0.05, 0) is 18.1 Å². The first kappa shape index (κ1) is 23.1. The minimum absolute atomic E-state index is 0.0817. The molecular weight excluding hydrogens is 478 g/mol. The number of hydrogen-bond acceptors (Lipinski definition) is 11. The first-order valence-electron chi connectivity index (χ1n) is 9.85. The number of carbonyl (C=O) groups is 3. The smallest absolute Gasteiger partial charge is 0.322 e. The highest BCUT2D eigenvalue weighted by molar-refractivity contribution is 8.05. The number of aromatic nitrogens is 1. The molecule has 0 bridgehead atoms. The van der Waals surface area contributed by atoms with Gasteiger partial charge in [-0.2, -0.15) is 0 Å². The van der Waals surface area contributed by atoms with Gasteiger partial charge in [-0.3, -0.25) is 14.4 Å². The third-order valence-corrected chi connectivity index (χ3v) is 9.54. The molecule has 0 radical (unpaired) electrons. The number of nitrogens with one attached hydrogen (secondary N) is 1. The van der Waals surface area contributed by atoms with Crippen LogP contribution in [0.4, 0.5) is 5.13 Å². The fourth-order valence-corrected chi connectivity index (χ4v) is 7.37. The standard InChI is InChI=1S/C18H23N5O6S3/c1-28-22-11(10-6-30-17(19)20-10)13(24)21-12-14(25)23-7-18(16(26)27,8-31-15(12)23)32-5-9-2-3-29-4-9/h6,9,12,15H,2-5,7-8H2,1H3,(H2,19,20)(H,21,24)(H,26,27)/t9?,12?,15-,18?/m1/s1. The second kappa shape index (κ2) is 9.45. The third-order valence-electron chi connectivity index (χ3n) is 5.51. The third kappa shape index (κ3) is 4.40. The zero-order valence-electron chi connectivity index (χ0n) is 17.2. The molecule has 3 aliphatic heterocycles. The second-order valence-corrected chi connectivity index (χ2v) is 11.1. The number of thiazole rings is 1. The summed E-state index contributed by atoms with van der Waals surface area (Å²) in [6.45, 7) is 1.45. The van der Waals surface area contributed by atoms with Crippen molar-refractivity contribution in [1.82, 2.24) is 15.2 Å². The summed E-state index contributed by atoms with van der Waals surface area (Å²) < 4.78 is 4.30. The van der Waals surface area contributed by atoms with E-state index in [9.17, 15) is 19.5 Å². The van der Waals surface area contributed by atoms with Crippen molar-refractivity contribution in [2.75, 3.05) is 44.1 Å². The Morgan fingerprint density at radius 1 is 1.56 bits per heavy atom. The maximum Gasteiger partial charge on any atom is 0.322 e. The number of anilines is 1. The summed E-state index contributed by atoms with van der Waals surface area (Å²) >= 11 is 3.90. The number of thioether (sulfide) groups is 2. The molecule has 4 rings (SSSR count). The van der Waals surface area contributed by atoms with E-state index in [-0.39, 0.29) is 34.4 Å². The highest BCUT2D eigenvalue weighted by atomic mass is 32.2. The number of carboxylic acids is 1. The Morgan fingerprint density at radius 3 is 3.00 bits per heavy atom. The van der Waals surface area contributed by atoms with E-state index in [1.165, 1.54) is 35.5 Å². The monoisotopic (exact) mass is 501 g/mol. The zero-order chi connectivity index (χ0) is 22.9. The number of carbonyl (C=O) groups excluding carboxylic acids is 2. The van der Waals surface area contributed by atoms with Gasteiger partial charge in [0.05, 0.1) is 6.61 Å². The van der Waals surface area contributed by atoms with Crippen LogP contribution in [0.2, 0.25) is 0 Å². The maximum absolute atomic E-state index is 12.8. The van der Waals surface area contributed by atoms with Crippen LogP contribution in [0.1, 0.15) is 12.1 Å². The Hall–Kier alpha value is -2.03. The number of β-lactam (4-membered cyclic amide) rings is 1. The number of aliphatic carboxylic acids is 1. The van der Waals surface area contributed by atoms with Crippen molar-refractivity contribution in [3.63, 3.8) is 0 Å². The van der Waals surface area contributed by atoms with Crippen LogP contribution in [-0.2, 0) is 24.0 Å². The van der Waals surface area contributed by atoms with Crippen LogP contribution in [-0.4, -0.2) is 93.0 Å². The Bertz CT molecular complexity index is 936. The van der Waals surface area contributed by atoms with Gasteiger partial charge in [-0.15, -0.1) is 34.9 Å². The predicted octanol–water partition coefficient (Wildman–Crippen LogP) is 0.0688. The largest absolute Gasteiger partial charge is 0.480 e. The summed E-state index contributed by atoms with van der Waals surface area (Å²) in [6.07, 6.45) is 0.922. The molecule has 4 N–H and O–H groups in total. The molecule has 3 fully saturated rings. The molecule has 1 aromatic rings. The highest BCUT2D eigenvalue weighted by Gasteiger charge is 2.58. The first-order valence-corrected chi connectivity index (χ1v) is 12.8. The van der Waals surface area contributed by atoms with Crippen LogP contribution in [0, 0.1) is 5.92 Å². The molecule has 2 amide bonds. The van der Waals surface area contributed by atoms with E-state index < -0.39 is 22.7 Å². The van der Waals surface area contributed by atoms with E-state index in [2.05, 4.69) is 15.5 Å². The number of nitrogen functional groups attached to an aromatic ring is 1. The van der Waals surface area contributed by atoms with Gasteiger partial charge in [0, 0.05) is 24.3 Å². The SMILES string of the molecule is CON=C(C(=O)NC1C(=O)N2CC(SCC3CCOC3)(C(=O)O)CS[C@H]12)c1csc(N)n1. The van der Waals surface area contributed by atoms with Gasteiger partial charge < -0.3 is 30.6 Å². The summed E-state index contributed by atoms with van der Waals surface area (Å²) in [4.78, 5) is 48.0. The lowest BCUT2D eigenvalue weighted by atomic mass is 10.0. The van der Waals surface area contributed by atoms with E-state index in [0.717, 1.165) is 17.8 Å². The van der Waals surface area contributed by atoms with Gasteiger partial charge in [0.1, 0.15) is 29.0 Å². The Morgan fingerprint density at radius 2 is 2.38 bits per heavy atom. The fraction of sp³-hybridized carbons (Fsp3) is 0.611. The first-order chi connectivity index (χ1) is 15.3. The summed E-state index contributed by atoms with van der Waals surface area (Å²) in [5.41, 5.74) is 5.81. The lowest BCUT2D eigenvalue weighted by Gasteiger charge is -2.53. The topological polar surface area (TPSA) is 156 Å². The van der Waals surface area contributed by atoms with Crippen LogP contribution in [0.15, 0.2) is 10.5 Å². The van der Waals surface area contributed by atoms with Gasteiger partial charge in [0.25, 0.3) is 5.91 Å². The van der Waals surface area contributed by atoms with Crippen molar-refractivity contribution in [3.8, 4) is 0 Å². The van der Waals surface area contributed by atoms with Crippen molar-refractivity contribution in [2.24, 2.45) is 11.1 Å². The number of hydrogen-bond donors (Lipinski definition) is 3. The van der Waals surface area contributed by atoms with Gasteiger partial charge in [-0.1, -0.05) is 5.16 Å². The minimum atomic E-state index is -1.07. The van der Waals surface area contributed by atoms with E-state index >= 15 is 0 Å². The summed E-state index contributed by atoms with van der Waals surface area (Å²) in [7, 11) is 1.30. The van der Waals surface area contributed by atoms with Gasteiger partial charge >= 0.3 is 5.97 Å². The number of oxime groups is 1. The Balaban J connectivity index is 1.40. The molecule has 174 valence electrons. The average molecular weight is 502 g/mol. The van der Waals surface area contributed by atoms with Crippen molar-refractivity contribution in [1.29, 1.82) is 0 Å². The van der Waals surface area contributed by atoms with Crippen LogP contribution < -0.4 is 11.1 Å². The lowest BCUT2D eigenvalue weighted by Crippen LogP contribution is -2.75. The van der Waals surface area contributed by atoms with E-state index in [1.54, 1.807) is 5.38 Å². The van der Waals surface area contributed by atoms with Gasteiger partial charge in [0.15, 0.2) is 10.8 Å². The molecule has 4 atom stereocenters. The Kier molecular flexibility index (Phi) is 6.83. The maximum atomic E-state index is 12.8. The summed E-state index contributed by atoms with van der Waals surface area (Å²) in [6, 6.07) is -0.773. The summed E-state index contributed by atoms with van der Waals surface area (Å²) in [5, 5.41) is 17.9. The predicted molar refractivity (Wildman–Crippen MR) is 122 cm³/mol. The molecule has 32 heavy (non-hydrogen) atoms. The number of rotatable bonds is 8. The van der Waals surface area contributed by atoms with Gasteiger partial charge in [-0.25, -0.2) is 4.98 Å². The average Bonchev–Trinajstić information content (AvgIpc) is 3.45. The number of nitrogens with zero attached hydrogens (tertiary/aromatic N) is 3. The van der Waals surface area contributed by atoms with E-state index in [1.807, 2.05) is 0 Å². The molecule has 11 nitrogen and oxygen atoms in total. The normalized spacial score (nSPS) is 29.9. The number of fused-ring (bicyclic) bond motifs is 1. The fourth-order valence-electron chi connectivity index (χ4n) is 3.72. The molecule has 0 saturated carbocycles. The lowest BCUT2D eigenvalue weighted by molar-refractivity contribution is -0.151. The summed E-state index contributed by atoms with van der Waals surface area (Å²) in [5.74, 6) is -0.516. The quantitative estimate of drug-likeness (QED) is 0.253. The van der Waals surface area contributed by atoms with Crippen LogP contribution in [0.25, 0.3) is 0 Å². The minimum Gasteiger partial charge on any atom is -0.480 e. The van der Waals surface area contributed by atoms with E-state index in [4.69, 9.17) is 15.3 Å². The Labute approximate surface area is 196 Å².